The molecule has 2 aliphatic rings. The molecule has 0 spiro atoms. The van der Waals surface area contributed by atoms with Gasteiger partial charge in [0.05, 0.1) is 33.8 Å². The first-order valence-electron chi connectivity index (χ1n) is 7.45. The Kier molecular flexibility index (Phi) is 4.20. The van der Waals surface area contributed by atoms with Crippen molar-refractivity contribution in [1.82, 2.24) is 0 Å². The molecule has 0 aliphatic carbocycles. The highest BCUT2D eigenvalue weighted by Gasteiger charge is 2.31. The molecule has 3 rings (SSSR count). The second-order valence-electron chi connectivity index (χ2n) is 5.65. The van der Waals surface area contributed by atoms with E-state index in [-0.39, 0.29) is 23.2 Å². The molecule has 122 valence electrons. The highest BCUT2D eigenvalue weighted by molar-refractivity contribution is 5.90. The van der Waals surface area contributed by atoms with E-state index in [1.807, 2.05) is 0 Å². The predicted octanol–water partition coefficient (Wildman–Crippen LogP) is 3.00. The summed E-state index contributed by atoms with van der Waals surface area (Å²) in [5.41, 5.74) is 2.95. The van der Waals surface area contributed by atoms with E-state index in [0.717, 1.165) is 43.9 Å². The Morgan fingerprint density at radius 2 is 2.00 bits per heavy atom. The van der Waals surface area contributed by atoms with Gasteiger partial charge in [0.1, 0.15) is 5.69 Å². The van der Waals surface area contributed by atoms with Crippen molar-refractivity contribution in [2.75, 3.05) is 5.43 Å². The summed E-state index contributed by atoms with van der Waals surface area (Å²) in [6.07, 6.45) is 5.02. The number of hydrazone groups is 1. The van der Waals surface area contributed by atoms with Gasteiger partial charge >= 0.3 is 5.69 Å². The minimum Gasteiger partial charge on any atom is -0.369 e. The number of non-ortho nitro benzene ring substituents is 1. The summed E-state index contributed by atoms with van der Waals surface area (Å²) in [5.74, 6) is 0. The highest BCUT2D eigenvalue weighted by Crippen LogP contribution is 2.31. The number of nitro groups is 2. The van der Waals surface area contributed by atoms with Crippen molar-refractivity contribution in [3.8, 4) is 0 Å². The number of benzene rings is 1. The standard InChI is InChI=1S/C14H16N4O5/c19-17(20)9-4-6-11(13(8-9)18(21)22)15-16-12-7-5-10-2-1-3-14(12)23-10/h4,6,8,10,14-15H,1-3,5,7H2/b16-12-/t10-,14-/m1/s1. The number of anilines is 1. The molecule has 9 heteroatoms. The summed E-state index contributed by atoms with van der Waals surface area (Å²) in [6.45, 7) is 0. The smallest absolute Gasteiger partial charge is 0.301 e. The monoisotopic (exact) mass is 320 g/mol. The van der Waals surface area contributed by atoms with Crippen LogP contribution >= 0.6 is 0 Å². The zero-order chi connectivity index (χ0) is 16.4. The van der Waals surface area contributed by atoms with Gasteiger partial charge in [0.25, 0.3) is 5.69 Å². The fraction of sp³-hybridized carbons (Fsp3) is 0.500. The van der Waals surface area contributed by atoms with E-state index >= 15 is 0 Å². The number of ether oxygens (including phenoxy) is 1. The molecule has 0 amide bonds. The molecule has 2 heterocycles. The van der Waals surface area contributed by atoms with Gasteiger partial charge in [-0.25, -0.2) is 0 Å². The quantitative estimate of drug-likeness (QED) is 0.672. The Hall–Kier alpha value is -2.55. The molecule has 23 heavy (non-hydrogen) atoms. The lowest BCUT2D eigenvalue weighted by Crippen LogP contribution is -2.39. The zero-order valence-corrected chi connectivity index (χ0v) is 12.3. The van der Waals surface area contributed by atoms with Gasteiger partial charge in [0.2, 0.25) is 0 Å². The zero-order valence-electron chi connectivity index (χ0n) is 12.3. The number of hydrogen-bond acceptors (Lipinski definition) is 7. The van der Waals surface area contributed by atoms with Crippen molar-refractivity contribution in [3.63, 3.8) is 0 Å². The van der Waals surface area contributed by atoms with Crippen LogP contribution in [0.5, 0.6) is 0 Å². The Labute approximate surface area is 131 Å². The molecule has 2 saturated heterocycles. The second-order valence-corrected chi connectivity index (χ2v) is 5.65. The van der Waals surface area contributed by atoms with E-state index < -0.39 is 9.85 Å². The maximum absolute atomic E-state index is 11.1. The predicted molar refractivity (Wildman–Crippen MR) is 82.6 cm³/mol. The molecule has 2 atom stereocenters. The molecular weight excluding hydrogens is 304 g/mol. The van der Waals surface area contributed by atoms with Crippen molar-refractivity contribution in [1.29, 1.82) is 0 Å². The first kappa shape index (κ1) is 15.3. The van der Waals surface area contributed by atoms with Crippen LogP contribution in [0.1, 0.15) is 32.1 Å². The molecule has 0 aromatic heterocycles. The minimum atomic E-state index is -0.667. The van der Waals surface area contributed by atoms with Crippen LogP contribution in [-0.2, 0) is 4.74 Å². The van der Waals surface area contributed by atoms with Crippen LogP contribution in [0.15, 0.2) is 23.3 Å². The lowest BCUT2D eigenvalue weighted by molar-refractivity contribution is -0.393. The lowest BCUT2D eigenvalue weighted by atomic mass is 9.90. The number of nitro benzene ring substituents is 2. The van der Waals surface area contributed by atoms with Gasteiger partial charge in [-0.05, 0) is 38.2 Å². The molecule has 0 saturated carbocycles. The lowest BCUT2D eigenvalue weighted by Gasteiger charge is -2.35. The summed E-state index contributed by atoms with van der Waals surface area (Å²) in [6, 6.07) is 3.44. The van der Waals surface area contributed by atoms with Gasteiger partial charge in [-0.2, -0.15) is 5.10 Å². The molecule has 2 fully saturated rings. The Morgan fingerprint density at radius 1 is 1.17 bits per heavy atom. The number of fused-ring (bicyclic) bond motifs is 2. The Bertz CT molecular complexity index is 675. The molecular formula is C14H16N4O5. The second kappa shape index (κ2) is 6.29. The number of hydrogen-bond donors (Lipinski definition) is 1. The molecule has 1 N–H and O–H groups in total. The van der Waals surface area contributed by atoms with Crippen LogP contribution < -0.4 is 5.43 Å². The third kappa shape index (κ3) is 3.29. The average Bonchev–Trinajstić information content (AvgIpc) is 2.54. The third-order valence-electron chi connectivity index (χ3n) is 4.15. The van der Waals surface area contributed by atoms with Crippen molar-refractivity contribution in [2.24, 2.45) is 5.10 Å². The Morgan fingerprint density at radius 3 is 2.74 bits per heavy atom. The minimum absolute atomic E-state index is 0.0351. The first-order valence-corrected chi connectivity index (χ1v) is 7.45. The van der Waals surface area contributed by atoms with Crippen molar-refractivity contribution in [2.45, 2.75) is 44.3 Å². The SMILES string of the molecule is O=[N+]([O-])c1ccc(N/N=C2/CC[C@H]3CCC[C@H]2O3)c([N+](=O)[O-])c1. The van der Waals surface area contributed by atoms with E-state index in [2.05, 4.69) is 10.5 Å². The maximum Gasteiger partial charge on any atom is 0.301 e. The van der Waals surface area contributed by atoms with E-state index in [0.29, 0.717) is 6.10 Å². The molecule has 0 unspecified atom stereocenters. The van der Waals surface area contributed by atoms with Crippen molar-refractivity contribution >= 4 is 22.8 Å². The van der Waals surface area contributed by atoms with Crippen LogP contribution in [0, 0.1) is 20.2 Å². The van der Waals surface area contributed by atoms with Gasteiger partial charge in [0.15, 0.2) is 0 Å². The van der Waals surface area contributed by atoms with Crippen LogP contribution in [0.3, 0.4) is 0 Å². The van der Waals surface area contributed by atoms with Crippen LogP contribution in [0.4, 0.5) is 17.1 Å². The first-order chi connectivity index (χ1) is 11.0. The molecule has 0 radical (unpaired) electrons. The molecule has 2 bridgehead atoms. The van der Waals surface area contributed by atoms with Gasteiger partial charge < -0.3 is 4.74 Å². The molecule has 9 nitrogen and oxygen atoms in total. The van der Waals surface area contributed by atoms with E-state index in [4.69, 9.17) is 4.74 Å². The van der Waals surface area contributed by atoms with Crippen molar-refractivity contribution in [3.05, 3.63) is 38.4 Å². The van der Waals surface area contributed by atoms with Gasteiger partial charge in [-0.15, -0.1) is 0 Å². The normalized spacial score (nSPS) is 25.1. The maximum atomic E-state index is 11.1. The number of nitrogens with zero attached hydrogens (tertiary/aromatic N) is 3. The molecule has 1 aromatic rings. The van der Waals surface area contributed by atoms with Crippen LogP contribution in [0.25, 0.3) is 0 Å². The molecule has 1 aromatic carbocycles. The van der Waals surface area contributed by atoms with Gasteiger partial charge in [0, 0.05) is 6.07 Å². The fourth-order valence-corrected chi connectivity index (χ4v) is 2.97. The average molecular weight is 320 g/mol. The van der Waals surface area contributed by atoms with Gasteiger partial charge in [-0.1, -0.05) is 0 Å². The summed E-state index contributed by atoms with van der Waals surface area (Å²) in [7, 11) is 0. The Balaban J connectivity index is 1.81. The largest absolute Gasteiger partial charge is 0.369 e. The van der Waals surface area contributed by atoms with E-state index in [1.54, 1.807) is 0 Å². The topological polar surface area (TPSA) is 120 Å². The van der Waals surface area contributed by atoms with E-state index in [9.17, 15) is 20.2 Å². The summed E-state index contributed by atoms with van der Waals surface area (Å²) in [4.78, 5) is 20.5. The number of nitrogens with one attached hydrogen (secondary N) is 1. The summed E-state index contributed by atoms with van der Waals surface area (Å²) >= 11 is 0. The summed E-state index contributed by atoms with van der Waals surface area (Å²) < 4.78 is 5.86. The van der Waals surface area contributed by atoms with Crippen LogP contribution in [0.2, 0.25) is 0 Å². The third-order valence-corrected chi connectivity index (χ3v) is 4.15. The number of rotatable bonds is 4. The van der Waals surface area contributed by atoms with E-state index in [1.165, 1.54) is 12.1 Å². The van der Waals surface area contributed by atoms with Crippen molar-refractivity contribution < 1.29 is 14.6 Å². The molecule has 2 aliphatic heterocycles. The van der Waals surface area contributed by atoms with Gasteiger partial charge in [-0.3, -0.25) is 25.7 Å². The fourth-order valence-electron chi connectivity index (χ4n) is 2.97. The highest BCUT2D eigenvalue weighted by atomic mass is 16.6. The van der Waals surface area contributed by atoms with Crippen LogP contribution in [-0.4, -0.2) is 27.8 Å². The summed E-state index contributed by atoms with van der Waals surface area (Å²) in [5, 5.41) is 26.1.